The standard InChI is InChI=1S/C11H19NO/c1-4-9(2)7-10(13)11(3)5-6-12-8-11/h12H,2,4-8H2,1,3H3. The van der Waals surface area contributed by atoms with Gasteiger partial charge in [-0.25, -0.2) is 0 Å². The van der Waals surface area contributed by atoms with E-state index in [4.69, 9.17) is 0 Å². The number of carbonyl (C=O) groups excluding carboxylic acids is 1. The van der Waals surface area contributed by atoms with Crippen molar-refractivity contribution in [3.05, 3.63) is 12.2 Å². The molecule has 74 valence electrons. The molecule has 0 aromatic heterocycles. The predicted octanol–water partition coefficient (Wildman–Crippen LogP) is 1.91. The molecule has 1 heterocycles. The van der Waals surface area contributed by atoms with Gasteiger partial charge in [-0.05, 0) is 19.4 Å². The fraction of sp³-hybridized carbons (Fsp3) is 0.727. The highest BCUT2D eigenvalue weighted by Crippen LogP contribution is 2.28. The number of allylic oxidation sites excluding steroid dienone is 1. The molecule has 0 spiro atoms. The summed E-state index contributed by atoms with van der Waals surface area (Å²) in [6.07, 6.45) is 2.45. The van der Waals surface area contributed by atoms with Crippen LogP contribution in [-0.2, 0) is 4.79 Å². The van der Waals surface area contributed by atoms with Crippen LogP contribution in [0.2, 0.25) is 0 Å². The van der Waals surface area contributed by atoms with Gasteiger partial charge in [0, 0.05) is 18.4 Å². The zero-order valence-corrected chi connectivity index (χ0v) is 8.65. The van der Waals surface area contributed by atoms with Crippen LogP contribution in [0.25, 0.3) is 0 Å². The van der Waals surface area contributed by atoms with Gasteiger partial charge < -0.3 is 5.32 Å². The molecule has 13 heavy (non-hydrogen) atoms. The van der Waals surface area contributed by atoms with Gasteiger partial charge in [-0.15, -0.1) is 0 Å². The van der Waals surface area contributed by atoms with E-state index in [1.54, 1.807) is 0 Å². The van der Waals surface area contributed by atoms with Gasteiger partial charge in [0.05, 0.1) is 0 Å². The summed E-state index contributed by atoms with van der Waals surface area (Å²) < 4.78 is 0. The lowest BCUT2D eigenvalue weighted by molar-refractivity contribution is -0.126. The largest absolute Gasteiger partial charge is 0.316 e. The summed E-state index contributed by atoms with van der Waals surface area (Å²) in [7, 11) is 0. The van der Waals surface area contributed by atoms with Crippen LogP contribution in [0, 0.1) is 5.41 Å². The molecule has 0 saturated carbocycles. The summed E-state index contributed by atoms with van der Waals surface area (Å²) in [6.45, 7) is 9.78. The summed E-state index contributed by atoms with van der Waals surface area (Å²) in [5.74, 6) is 0.351. The van der Waals surface area contributed by atoms with Gasteiger partial charge in [0.1, 0.15) is 5.78 Å². The molecule has 0 aromatic carbocycles. The van der Waals surface area contributed by atoms with Crippen LogP contribution >= 0.6 is 0 Å². The first-order valence-electron chi connectivity index (χ1n) is 4.99. The van der Waals surface area contributed by atoms with Crippen molar-refractivity contribution in [2.75, 3.05) is 13.1 Å². The lowest BCUT2D eigenvalue weighted by Crippen LogP contribution is -2.30. The number of Topliss-reactive ketones (excluding diaryl/α,β-unsaturated/α-hetero) is 1. The van der Waals surface area contributed by atoms with Gasteiger partial charge in [0.15, 0.2) is 0 Å². The first kappa shape index (κ1) is 10.5. The first-order valence-corrected chi connectivity index (χ1v) is 4.99. The van der Waals surface area contributed by atoms with Crippen molar-refractivity contribution < 1.29 is 4.79 Å². The first-order chi connectivity index (χ1) is 6.08. The fourth-order valence-corrected chi connectivity index (χ4v) is 1.62. The molecule has 0 radical (unpaired) electrons. The van der Waals surface area contributed by atoms with Gasteiger partial charge in [-0.1, -0.05) is 26.0 Å². The minimum Gasteiger partial charge on any atom is -0.316 e. The Hall–Kier alpha value is -0.630. The molecule has 1 aliphatic heterocycles. The highest BCUT2D eigenvalue weighted by atomic mass is 16.1. The summed E-state index contributed by atoms with van der Waals surface area (Å²) in [5, 5.41) is 3.23. The molecule has 0 aromatic rings. The Morgan fingerprint density at radius 3 is 2.77 bits per heavy atom. The van der Waals surface area contributed by atoms with Crippen LogP contribution in [0.1, 0.15) is 33.1 Å². The predicted molar refractivity (Wildman–Crippen MR) is 54.6 cm³/mol. The van der Waals surface area contributed by atoms with Crippen LogP contribution in [0.15, 0.2) is 12.2 Å². The van der Waals surface area contributed by atoms with Crippen molar-refractivity contribution in [1.29, 1.82) is 0 Å². The average molecular weight is 181 g/mol. The monoisotopic (exact) mass is 181 g/mol. The molecule has 1 aliphatic rings. The molecule has 1 fully saturated rings. The van der Waals surface area contributed by atoms with Gasteiger partial charge in [-0.2, -0.15) is 0 Å². The molecule has 1 saturated heterocycles. The van der Waals surface area contributed by atoms with Crippen molar-refractivity contribution in [3.63, 3.8) is 0 Å². The Kier molecular flexibility index (Phi) is 3.26. The summed E-state index contributed by atoms with van der Waals surface area (Å²) in [5.41, 5.74) is 0.927. The third kappa shape index (κ3) is 2.41. The Balaban J connectivity index is 2.51. The van der Waals surface area contributed by atoms with Crippen LogP contribution < -0.4 is 5.32 Å². The lowest BCUT2D eigenvalue weighted by atomic mass is 9.82. The fourth-order valence-electron chi connectivity index (χ4n) is 1.62. The number of ketones is 1. The molecular formula is C11H19NO. The summed E-state index contributed by atoms with van der Waals surface area (Å²) >= 11 is 0. The molecule has 0 amide bonds. The van der Waals surface area contributed by atoms with Gasteiger partial charge in [0.25, 0.3) is 0 Å². The third-order valence-electron chi connectivity index (χ3n) is 2.95. The van der Waals surface area contributed by atoms with Crippen molar-refractivity contribution in [1.82, 2.24) is 5.32 Å². The average Bonchev–Trinajstić information content (AvgIpc) is 2.53. The van der Waals surface area contributed by atoms with Gasteiger partial charge in [-0.3, -0.25) is 4.79 Å². The summed E-state index contributed by atoms with van der Waals surface area (Å²) in [4.78, 5) is 11.8. The number of hydrogen-bond donors (Lipinski definition) is 1. The Bertz CT molecular complexity index is 214. The van der Waals surface area contributed by atoms with E-state index in [2.05, 4.69) is 18.8 Å². The van der Waals surface area contributed by atoms with Crippen molar-refractivity contribution in [3.8, 4) is 0 Å². The maximum atomic E-state index is 11.8. The van der Waals surface area contributed by atoms with E-state index in [0.29, 0.717) is 12.2 Å². The molecule has 2 heteroatoms. The third-order valence-corrected chi connectivity index (χ3v) is 2.95. The van der Waals surface area contributed by atoms with Crippen molar-refractivity contribution in [2.24, 2.45) is 5.41 Å². The Morgan fingerprint density at radius 2 is 2.31 bits per heavy atom. The second-order valence-electron chi connectivity index (χ2n) is 4.19. The van der Waals surface area contributed by atoms with Crippen LogP contribution in [0.4, 0.5) is 0 Å². The van der Waals surface area contributed by atoms with Crippen molar-refractivity contribution in [2.45, 2.75) is 33.1 Å². The molecular weight excluding hydrogens is 162 g/mol. The van der Waals surface area contributed by atoms with Gasteiger partial charge >= 0.3 is 0 Å². The van der Waals surface area contributed by atoms with E-state index >= 15 is 0 Å². The maximum absolute atomic E-state index is 11.8. The molecule has 1 rings (SSSR count). The molecule has 1 unspecified atom stereocenters. The van der Waals surface area contributed by atoms with E-state index in [1.807, 2.05) is 6.92 Å². The topological polar surface area (TPSA) is 29.1 Å². The Morgan fingerprint density at radius 1 is 1.62 bits per heavy atom. The SMILES string of the molecule is C=C(CC)CC(=O)C1(C)CCNC1. The van der Waals surface area contributed by atoms with Crippen LogP contribution in [0.5, 0.6) is 0 Å². The van der Waals surface area contributed by atoms with E-state index in [1.165, 1.54) is 0 Å². The minimum absolute atomic E-state index is 0.127. The molecule has 0 aliphatic carbocycles. The highest BCUT2D eigenvalue weighted by molar-refractivity contribution is 5.86. The zero-order valence-electron chi connectivity index (χ0n) is 8.65. The second kappa shape index (κ2) is 4.05. The molecule has 2 nitrogen and oxygen atoms in total. The smallest absolute Gasteiger partial charge is 0.144 e. The number of hydrogen-bond acceptors (Lipinski definition) is 2. The van der Waals surface area contributed by atoms with E-state index in [9.17, 15) is 4.79 Å². The maximum Gasteiger partial charge on any atom is 0.144 e. The highest BCUT2D eigenvalue weighted by Gasteiger charge is 2.35. The van der Waals surface area contributed by atoms with E-state index in [-0.39, 0.29) is 5.41 Å². The molecule has 1 atom stereocenters. The van der Waals surface area contributed by atoms with Crippen molar-refractivity contribution >= 4 is 5.78 Å². The molecule has 0 bridgehead atoms. The second-order valence-corrected chi connectivity index (χ2v) is 4.19. The normalized spacial score (nSPS) is 27.5. The number of rotatable bonds is 4. The Labute approximate surface area is 80.4 Å². The van der Waals surface area contributed by atoms with Crippen LogP contribution in [-0.4, -0.2) is 18.9 Å². The zero-order chi connectivity index (χ0) is 9.90. The minimum atomic E-state index is -0.127. The molecule has 1 N–H and O–H groups in total. The van der Waals surface area contributed by atoms with Crippen LogP contribution in [0.3, 0.4) is 0 Å². The lowest BCUT2D eigenvalue weighted by Gasteiger charge is -2.21. The summed E-state index contributed by atoms with van der Waals surface area (Å²) in [6, 6.07) is 0. The van der Waals surface area contributed by atoms with E-state index in [0.717, 1.165) is 31.5 Å². The number of nitrogens with one attached hydrogen (secondary N) is 1. The quantitative estimate of drug-likeness (QED) is 0.671. The van der Waals surface area contributed by atoms with E-state index < -0.39 is 0 Å². The number of carbonyl (C=O) groups is 1. The van der Waals surface area contributed by atoms with Gasteiger partial charge in [0.2, 0.25) is 0 Å².